The van der Waals surface area contributed by atoms with Crippen molar-refractivity contribution >= 4 is 11.6 Å². The van der Waals surface area contributed by atoms with Crippen molar-refractivity contribution in [1.82, 2.24) is 15.5 Å². The van der Waals surface area contributed by atoms with E-state index in [0.717, 1.165) is 28.1 Å². The zero-order valence-electron chi connectivity index (χ0n) is 19.6. The fourth-order valence-corrected chi connectivity index (χ4v) is 4.37. The molecule has 0 spiro atoms. The Hall–Kier alpha value is -3.26. The number of carbonyl (C=O) groups is 1. The summed E-state index contributed by atoms with van der Waals surface area (Å²) in [5.74, 6) is -0.0943. The van der Waals surface area contributed by atoms with Crippen molar-refractivity contribution in [2.45, 2.75) is 53.4 Å². The molecule has 4 rings (SSSR count). The molecule has 1 aliphatic heterocycles. The first-order valence-electron chi connectivity index (χ1n) is 11.1. The summed E-state index contributed by atoms with van der Waals surface area (Å²) < 4.78 is 26.2. The molecular weight excluding hydrogens is 423 g/mol. The van der Waals surface area contributed by atoms with E-state index in [0.29, 0.717) is 24.5 Å². The van der Waals surface area contributed by atoms with Gasteiger partial charge < -0.3 is 19.5 Å². The number of amides is 1. The predicted molar refractivity (Wildman–Crippen MR) is 124 cm³/mol. The molecule has 2 atom stereocenters. The van der Waals surface area contributed by atoms with Gasteiger partial charge in [-0.25, -0.2) is 4.39 Å². The number of morpholine rings is 1. The molecule has 1 aliphatic rings. The molecule has 3 heterocycles. The highest BCUT2D eigenvalue weighted by atomic mass is 19.1. The van der Waals surface area contributed by atoms with Gasteiger partial charge in [-0.3, -0.25) is 9.78 Å². The molecular formula is C25H29FN4O3. The van der Waals surface area contributed by atoms with E-state index in [4.69, 9.17) is 9.26 Å². The smallest absolute Gasteiger partial charge is 0.273 e. The van der Waals surface area contributed by atoms with Gasteiger partial charge in [0.2, 0.25) is 0 Å². The van der Waals surface area contributed by atoms with Crippen LogP contribution < -0.4 is 10.2 Å². The van der Waals surface area contributed by atoms with Crippen molar-refractivity contribution in [2.75, 3.05) is 18.0 Å². The second kappa shape index (κ2) is 9.31. The minimum absolute atomic E-state index is 0.00289. The maximum atomic E-state index is 15.4. The highest BCUT2D eigenvalue weighted by molar-refractivity contribution is 5.92. The minimum atomic E-state index is -0.348. The van der Waals surface area contributed by atoms with Gasteiger partial charge in [0.15, 0.2) is 5.69 Å². The number of aromatic nitrogens is 2. The van der Waals surface area contributed by atoms with Crippen LogP contribution in [-0.4, -0.2) is 41.3 Å². The summed E-state index contributed by atoms with van der Waals surface area (Å²) in [4.78, 5) is 19.0. The number of benzene rings is 1. The Morgan fingerprint density at radius 2 is 1.76 bits per heavy atom. The summed E-state index contributed by atoms with van der Waals surface area (Å²) in [6, 6.07) is 8.81. The third kappa shape index (κ3) is 5.22. The molecule has 2 unspecified atom stereocenters. The number of hydrogen-bond acceptors (Lipinski definition) is 6. The number of rotatable bonds is 5. The van der Waals surface area contributed by atoms with Crippen LogP contribution in [0.5, 0.6) is 0 Å². The van der Waals surface area contributed by atoms with Gasteiger partial charge in [-0.15, -0.1) is 0 Å². The molecule has 3 aromatic rings. The lowest BCUT2D eigenvalue weighted by atomic mass is 9.97. The Bertz CT molecular complexity index is 1150. The van der Waals surface area contributed by atoms with Crippen LogP contribution >= 0.6 is 0 Å². The molecule has 0 radical (unpaired) electrons. The number of carbonyl (C=O) groups excluding carboxylic acids is 1. The number of nitrogens with zero attached hydrogens (tertiary/aromatic N) is 3. The summed E-state index contributed by atoms with van der Waals surface area (Å²) >= 11 is 0. The minimum Gasteiger partial charge on any atom is -0.372 e. The lowest BCUT2D eigenvalue weighted by Gasteiger charge is -2.37. The quantitative estimate of drug-likeness (QED) is 0.620. The SMILES string of the molecule is Cc1cc(-c2cc(F)c(N3CC(C)OC(C)C3)cc2CNC(=O)c2cc(C)on2)cc(C)n1. The van der Waals surface area contributed by atoms with Crippen LogP contribution in [-0.2, 0) is 11.3 Å². The van der Waals surface area contributed by atoms with Crippen molar-refractivity contribution in [3.8, 4) is 11.1 Å². The molecule has 2 aromatic heterocycles. The van der Waals surface area contributed by atoms with Gasteiger partial charge in [0.1, 0.15) is 11.6 Å². The van der Waals surface area contributed by atoms with E-state index in [2.05, 4.69) is 15.5 Å². The van der Waals surface area contributed by atoms with Crippen LogP contribution in [0.4, 0.5) is 10.1 Å². The van der Waals surface area contributed by atoms with Gasteiger partial charge >= 0.3 is 0 Å². The Labute approximate surface area is 192 Å². The zero-order chi connectivity index (χ0) is 23.7. The van der Waals surface area contributed by atoms with Crippen LogP contribution in [0.2, 0.25) is 0 Å². The number of halogens is 1. The topological polar surface area (TPSA) is 80.5 Å². The number of nitrogens with one attached hydrogen (secondary N) is 1. The molecule has 0 bridgehead atoms. The van der Waals surface area contributed by atoms with Gasteiger partial charge in [0.05, 0.1) is 17.9 Å². The van der Waals surface area contributed by atoms with Crippen molar-refractivity contribution in [3.63, 3.8) is 0 Å². The summed E-state index contributed by atoms with van der Waals surface area (Å²) in [5.41, 5.74) is 4.78. The Kier molecular flexibility index (Phi) is 6.47. The van der Waals surface area contributed by atoms with Crippen molar-refractivity contribution in [3.05, 3.63) is 64.6 Å². The molecule has 1 fully saturated rings. The number of aryl methyl sites for hydroxylation is 3. The second-order valence-electron chi connectivity index (χ2n) is 8.77. The van der Waals surface area contributed by atoms with Gasteiger partial charge in [0, 0.05) is 37.1 Å². The maximum absolute atomic E-state index is 15.4. The van der Waals surface area contributed by atoms with Gasteiger partial charge in [-0.2, -0.15) is 0 Å². The number of anilines is 1. The number of hydrogen-bond donors (Lipinski definition) is 1. The maximum Gasteiger partial charge on any atom is 0.273 e. The van der Waals surface area contributed by atoms with E-state index in [1.807, 2.05) is 50.8 Å². The predicted octanol–water partition coefficient (Wildman–Crippen LogP) is 4.34. The highest BCUT2D eigenvalue weighted by Gasteiger charge is 2.26. The van der Waals surface area contributed by atoms with Gasteiger partial charge in [-0.05, 0) is 75.6 Å². The Morgan fingerprint density at radius 3 is 2.36 bits per heavy atom. The van der Waals surface area contributed by atoms with Crippen LogP contribution in [0.15, 0.2) is 34.9 Å². The summed E-state index contributed by atoms with van der Waals surface area (Å²) in [6.07, 6.45) is -0.00578. The first-order valence-corrected chi connectivity index (χ1v) is 11.1. The first-order chi connectivity index (χ1) is 15.7. The van der Waals surface area contributed by atoms with Crippen molar-refractivity contribution in [2.24, 2.45) is 0 Å². The lowest BCUT2D eigenvalue weighted by Crippen LogP contribution is -2.45. The number of pyridine rings is 1. The Morgan fingerprint density at radius 1 is 1.09 bits per heavy atom. The molecule has 174 valence electrons. The largest absolute Gasteiger partial charge is 0.372 e. The molecule has 7 nitrogen and oxygen atoms in total. The molecule has 1 N–H and O–H groups in total. The summed E-state index contributed by atoms with van der Waals surface area (Å²) in [6.45, 7) is 10.9. The molecule has 8 heteroatoms. The van der Waals surface area contributed by atoms with Crippen LogP contribution in [0, 0.1) is 26.6 Å². The normalized spacial score (nSPS) is 18.4. The van der Waals surface area contributed by atoms with E-state index in [-0.39, 0.29) is 36.2 Å². The molecule has 1 saturated heterocycles. The first kappa shape index (κ1) is 22.9. The van der Waals surface area contributed by atoms with Crippen LogP contribution in [0.25, 0.3) is 11.1 Å². The number of ether oxygens (including phenoxy) is 1. The fourth-order valence-electron chi connectivity index (χ4n) is 4.37. The summed E-state index contributed by atoms with van der Waals surface area (Å²) in [7, 11) is 0. The van der Waals surface area contributed by atoms with Crippen molar-refractivity contribution < 1.29 is 18.4 Å². The van der Waals surface area contributed by atoms with Crippen LogP contribution in [0.3, 0.4) is 0 Å². The summed E-state index contributed by atoms with van der Waals surface area (Å²) in [5, 5.41) is 6.67. The average molecular weight is 453 g/mol. The molecule has 0 aliphatic carbocycles. The lowest BCUT2D eigenvalue weighted by molar-refractivity contribution is -0.00539. The molecule has 1 aromatic carbocycles. The van der Waals surface area contributed by atoms with Crippen LogP contribution in [0.1, 0.15) is 47.0 Å². The van der Waals surface area contributed by atoms with E-state index < -0.39 is 0 Å². The van der Waals surface area contributed by atoms with Gasteiger partial charge in [0.25, 0.3) is 5.91 Å². The zero-order valence-corrected chi connectivity index (χ0v) is 19.6. The van der Waals surface area contributed by atoms with E-state index >= 15 is 4.39 Å². The van der Waals surface area contributed by atoms with Crippen molar-refractivity contribution in [1.29, 1.82) is 0 Å². The Balaban J connectivity index is 1.72. The third-order valence-corrected chi connectivity index (χ3v) is 5.63. The molecule has 1 amide bonds. The second-order valence-corrected chi connectivity index (χ2v) is 8.77. The van der Waals surface area contributed by atoms with E-state index in [1.165, 1.54) is 0 Å². The third-order valence-electron chi connectivity index (χ3n) is 5.63. The monoisotopic (exact) mass is 452 g/mol. The van der Waals surface area contributed by atoms with E-state index in [1.54, 1.807) is 19.1 Å². The van der Waals surface area contributed by atoms with E-state index in [9.17, 15) is 4.79 Å². The highest BCUT2D eigenvalue weighted by Crippen LogP contribution is 2.33. The standard InChI is InChI=1S/C25H29FN4O3/c1-14-6-19(7-15(2)28-14)21-10-22(26)24(30-12-17(4)32-18(5)13-30)9-20(21)11-27-25(31)23-8-16(3)33-29-23/h6-10,17-18H,11-13H2,1-5H3,(H,27,31). The molecule has 33 heavy (non-hydrogen) atoms. The molecule has 0 saturated carbocycles. The van der Waals surface area contributed by atoms with Gasteiger partial charge in [-0.1, -0.05) is 5.16 Å². The average Bonchev–Trinajstić information content (AvgIpc) is 3.17. The fraction of sp³-hybridized carbons (Fsp3) is 0.400.